The molecular weight excluding hydrogens is 555 g/mol. The van der Waals surface area contributed by atoms with E-state index in [0.717, 1.165) is 33.1 Å². The Balaban J connectivity index is 1.37. The van der Waals surface area contributed by atoms with Crippen LogP contribution in [0, 0.1) is 0 Å². The van der Waals surface area contributed by atoms with E-state index in [1.807, 2.05) is 41.7 Å². The van der Waals surface area contributed by atoms with Gasteiger partial charge in [-0.25, -0.2) is 0 Å². The van der Waals surface area contributed by atoms with Gasteiger partial charge in [-0.3, -0.25) is 0 Å². The molecule has 0 aliphatic carbocycles. The second kappa shape index (κ2) is 10.0. The van der Waals surface area contributed by atoms with Crippen LogP contribution in [0.15, 0.2) is 152 Å². The van der Waals surface area contributed by atoms with Gasteiger partial charge in [0.1, 0.15) is 11.0 Å². The summed E-state index contributed by atoms with van der Waals surface area (Å²) >= 11 is 1.86. The van der Waals surface area contributed by atoms with Crippen LogP contribution in [0.25, 0.3) is 81.0 Å². The maximum absolute atomic E-state index is 4.98. The topological polar surface area (TPSA) is 30.7 Å². The zero-order valence-electron chi connectivity index (χ0n) is 23.7. The minimum Gasteiger partial charge on any atom is -0.150 e. The van der Waals surface area contributed by atoms with E-state index >= 15 is 0 Å². The standard InChI is InChI=1S/C40H25N3S/c1-3-13-26(14-4-1)38-29(30-22-12-24-37-39(30)33-19-9-10-23-36(33)44-37)20-11-21-31(38)34-25-35-40(32-18-8-7-17-28(32)34)42-43(41-35)27-15-5-2-6-16-27/h1-25H. The fourth-order valence-corrected chi connectivity index (χ4v) is 7.69. The van der Waals surface area contributed by atoms with Gasteiger partial charge in [-0.2, -0.15) is 4.80 Å². The third-order valence-corrected chi connectivity index (χ3v) is 9.63. The van der Waals surface area contributed by atoms with E-state index in [2.05, 4.69) is 121 Å². The van der Waals surface area contributed by atoms with Crippen LogP contribution >= 0.6 is 11.3 Å². The van der Waals surface area contributed by atoms with Crippen molar-refractivity contribution in [1.82, 2.24) is 15.0 Å². The van der Waals surface area contributed by atoms with Crippen molar-refractivity contribution in [3.63, 3.8) is 0 Å². The molecule has 4 heteroatoms. The summed E-state index contributed by atoms with van der Waals surface area (Å²) in [4.78, 5) is 1.75. The Morgan fingerprint density at radius 1 is 0.455 bits per heavy atom. The highest BCUT2D eigenvalue weighted by Gasteiger charge is 2.20. The van der Waals surface area contributed by atoms with Crippen molar-refractivity contribution < 1.29 is 0 Å². The molecule has 206 valence electrons. The molecule has 2 aromatic heterocycles. The van der Waals surface area contributed by atoms with E-state index in [-0.39, 0.29) is 0 Å². The number of hydrogen-bond acceptors (Lipinski definition) is 3. The molecule has 9 rings (SSSR count). The van der Waals surface area contributed by atoms with Crippen LogP contribution in [-0.2, 0) is 0 Å². The molecular formula is C40H25N3S. The van der Waals surface area contributed by atoms with Gasteiger partial charge < -0.3 is 0 Å². The molecule has 2 heterocycles. The van der Waals surface area contributed by atoms with E-state index < -0.39 is 0 Å². The minimum absolute atomic E-state index is 0.873. The first kappa shape index (κ1) is 25.0. The summed E-state index contributed by atoms with van der Waals surface area (Å²) in [6.07, 6.45) is 0. The Morgan fingerprint density at radius 2 is 1.07 bits per heavy atom. The fraction of sp³-hybridized carbons (Fsp3) is 0. The molecule has 0 saturated heterocycles. The van der Waals surface area contributed by atoms with Gasteiger partial charge in [-0.05, 0) is 69.1 Å². The summed E-state index contributed by atoms with van der Waals surface area (Å²) in [5.41, 5.74) is 9.92. The molecule has 0 radical (unpaired) electrons. The Bertz CT molecular complexity index is 2490. The van der Waals surface area contributed by atoms with Crippen molar-refractivity contribution in [1.29, 1.82) is 0 Å². The van der Waals surface area contributed by atoms with Gasteiger partial charge in [0.25, 0.3) is 0 Å². The highest BCUT2D eigenvalue weighted by Crippen LogP contribution is 2.47. The van der Waals surface area contributed by atoms with Crippen LogP contribution in [0.1, 0.15) is 0 Å². The lowest BCUT2D eigenvalue weighted by Gasteiger charge is -2.18. The summed E-state index contributed by atoms with van der Waals surface area (Å²) in [7, 11) is 0. The molecule has 0 N–H and O–H groups in total. The predicted molar refractivity (Wildman–Crippen MR) is 186 cm³/mol. The Hall–Kier alpha value is -5.58. The molecule has 0 aliphatic rings. The van der Waals surface area contributed by atoms with Crippen molar-refractivity contribution in [3.05, 3.63) is 152 Å². The van der Waals surface area contributed by atoms with Crippen LogP contribution in [0.4, 0.5) is 0 Å². The average Bonchev–Trinajstić information content (AvgIpc) is 3.71. The van der Waals surface area contributed by atoms with Gasteiger partial charge in [0.2, 0.25) is 0 Å². The van der Waals surface area contributed by atoms with Crippen LogP contribution in [0.2, 0.25) is 0 Å². The second-order valence-electron chi connectivity index (χ2n) is 11.0. The molecule has 0 bridgehead atoms. The molecule has 3 nitrogen and oxygen atoms in total. The molecule has 44 heavy (non-hydrogen) atoms. The zero-order valence-corrected chi connectivity index (χ0v) is 24.5. The van der Waals surface area contributed by atoms with Crippen LogP contribution < -0.4 is 0 Å². The van der Waals surface area contributed by atoms with E-state index in [0.29, 0.717) is 0 Å². The normalized spacial score (nSPS) is 11.6. The monoisotopic (exact) mass is 579 g/mol. The Morgan fingerprint density at radius 3 is 1.89 bits per heavy atom. The molecule has 0 aliphatic heterocycles. The quantitative estimate of drug-likeness (QED) is 0.208. The summed E-state index contributed by atoms with van der Waals surface area (Å²) in [5, 5.41) is 14.8. The van der Waals surface area contributed by atoms with Crippen molar-refractivity contribution in [2.75, 3.05) is 0 Å². The fourth-order valence-electron chi connectivity index (χ4n) is 6.56. The number of rotatable bonds is 4. The molecule has 7 aromatic carbocycles. The Kier molecular flexibility index (Phi) is 5.68. The van der Waals surface area contributed by atoms with Crippen molar-refractivity contribution >= 4 is 53.3 Å². The van der Waals surface area contributed by atoms with E-state index in [1.165, 1.54) is 48.0 Å². The van der Waals surface area contributed by atoms with Crippen molar-refractivity contribution in [2.45, 2.75) is 0 Å². The predicted octanol–water partition coefficient (Wildman–Crippen LogP) is 10.9. The highest BCUT2D eigenvalue weighted by molar-refractivity contribution is 7.25. The third-order valence-electron chi connectivity index (χ3n) is 8.49. The molecule has 9 aromatic rings. The summed E-state index contributed by atoms with van der Waals surface area (Å²) in [6.45, 7) is 0. The lowest BCUT2D eigenvalue weighted by Crippen LogP contribution is -1.97. The molecule has 0 spiro atoms. The summed E-state index contributed by atoms with van der Waals surface area (Å²) < 4.78 is 2.61. The minimum atomic E-state index is 0.873. The molecule has 0 amide bonds. The summed E-state index contributed by atoms with van der Waals surface area (Å²) in [6, 6.07) is 53.9. The van der Waals surface area contributed by atoms with Crippen LogP contribution in [0.3, 0.4) is 0 Å². The van der Waals surface area contributed by atoms with Gasteiger partial charge in [0, 0.05) is 25.6 Å². The van der Waals surface area contributed by atoms with Gasteiger partial charge in [-0.15, -0.1) is 21.5 Å². The van der Waals surface area contributed by atoms with Gasteiger partial charge in [-0.1, -0.05) is 121 Å². The van der Waals surface area contributed by atoms with Gasteiger partial charge >= 0.3 is 0 Å². The number of aromatic nitrogens is 3. The average molecular weight is 580 g/mol. The highest BCUT2D eigenvalue weighted by atomic mass is 32.1. The maximum Gasteiger partial charge on any atom is 0.121 e. The van der Waals surface area contributed by atoms with Crippen LogP contribution in [-0.4, -0.2) is 15.0 Å². The number of hydrogen-bond donors (Lipinski definition) is 0. The largest absolute Gasteiger partial charge is 0.150 e. The smallest absolute Gasteiger partial charge is 0.121 e. The Labute approximate surface area is 258 Å². The lowest BCUT2D eigenvalue weighted by molar-refractivity contribution is 0.766. The second-order valence-corrected chi connectivity index (χ2v) is 12.1. The van der Waals surface area contributed by atoms with Crippen molar-refractivity contribution in [2.24, 2.45) is 0 Å². The first-order valence-electron chi connectivity index (χ1n) is 14.8. The maximum atomic E-state index is 4.98. The third kappa shape index (κ3) is 3.89. The number of para-hydroxylation sites is 1. The molecule has 0 unspecified atom stereocenters. The van der Waals surface area contributed by atoms with Gasteiger partial charge in [0.15, 0.2) is 0 Å². The van der Waals surface area contributed by atoms with Gasteiger partial charge in [0.05, 0.1) is 5.69 Å². The first-order chi connectivity index (χ1) is 21.8. The van der Waals surface area contributed by atoms with E-state index in [9.17, 15) is 0 Å². The number of thiophene rings is 1. The van der Waals surface area contributed by atoms with E-state index in [1.54, 1.807) is 4.80 Å². The number of nitrogens with zero attached hydrogens (tertiary/aromatic N) is 3. The molecule has 0 atom stereocenters. The van der Waals surface area contributed by atoms with Crippen LogP contribution in [0.5, 0.6) is 0 Å². The lowest BCUT2D eigenvalue weighted by atomic mass is 9.85. The molecule has 0 saturated carbocycles. The SMILES string of the molecule is c1ccc(-c2c(-c3cc4nn(-c5ccccc5)nc4c4ccccc34)cccc2-c2cccc3sc4ccccc4c23)cc1. The zero-order chi connectivity index (χ0) is 29.0. The van der Waals surface area contributed by atoms with Crippen molar-refractivity contribution in [3.8, 4) is 39.1 Å². The number of fused-ring (bicyclic) bond motifs is 6. The van der Waals surface area contributed by atoms with E-state index in [4.69, 9.17) is 10.2 Å². The number of benzene rings is 7. The summed E-state index contributed by atoms with van der Waals surface area (Å²) in [5.74, 6) is 0. The molecule has 0 fully saturated rings. The first-order valence-corrected chi connectivity index (χ1v) is 15.6.